The molecular weight excluding hydrogens is 428 g/mol. The molecule has 4 rings (SSSR count). The van der Waals surface area contributed by atoms with Crippen LogP contribution in [0.5, 0.6) is 0 Å². The van der Waals surface area contributed by atoms with E-state index in [1.165, 1.54) is 11.8 Å². The quantitative estimate of drug-likeness (QED) is 0.508. The minimum Gasteiger partial charge on any atom is -0.355 e. The number of anilines is 1. The van der Waals surface area contributed by atoms with Crippen LogP contribution in [0, 0.1) is 11.8 Å². The molecule has 2 aromatic rings. The molecule has 164 valence electrons. The minimum atomic E-state index is -0.166. The number of aromatic nitrogens is 2. The van der Waals surface area contributed by atoms with Crippen molar-refractivity contribution < 1.29 is 4.79 Å². The van der Waals surface area contributed by atoms with Crippen LogP contribution in [0.3, 0.4) is 0 Å². The lowest BCUT2D eigenvalue weighted by Gasteiger charge is -2.36. The lowest BCUT2D eigenvalue weighted by atomic mass is 9.91. The SMILES string of the molecule is CC[C@@H](C)N1C(=O)/C(=C\c2c(N3C[C@H](C)C[C@H](C)C3)nc3ccccn3c2=O)SC1=S. The van der Waals surface area contributed by atoms with Crippen LogP contribution in [0.25, 0.3) is 11.7 Å². The maximum atomic E-state index is 13.5. The normalized spacial score (nSPS) is 24.5. The Morgan fingerprint density at radius 3 is 2.65 bits per heavy atom. The molecule has 2 aromatic heterocycles. The van der Waals surface area contributed by atoms with E-state index in [4.69, 9.17) is 17.2 Å². The van der Waals surface area contributed by atoms with Gasteiger partial charge in [-0.2, -0.15) is 0 Å². The number of hydrogen-bond acceptors (Lipinski definition) is 6. The standard InChI is InChI=1S/C23H28N4O2S2/c1-5-16(4)27-22(29)18(31-23(27)30)11-17-20(25-12-14(2)10-15(3)13-25)24-19-8-6-7-9-26(19)21(17)28/h6-9,11,14-16H,5,10,12-13H2,1-4H3/b18-11+/t14-,15+,16-/m1/s1. The van der Waals surface area contributed by atoms with Crippen molar-refractivity contribution >= 4 is 51.7 Å². The molecule has 3 atom stereocenters. The summed E-state index contributed by atoms with van der Waals surface area (Å²) in [4.78, 5) is 35.8. The molecule has 2 aliphatic rings. The number of amides is 1. The summed E-state index contributed by atoms with van der Waals surface area (Å²) >= 11 is 6.74. The molecule has 2 fully saturated rings. The van der Waals surface area contributed by atoms with Crippen molar-refractivity contribution in [3.8, 4) is 0 Å². The fourth-order valence-corrected chi connectivity index (χ4v) is 5.91. The predicted octanol–water partition coefficient (Wildman–Crippen LogP) is 4.18. The number of piperidine rings is 1. The van der Waals surface area contributed by atoms with Crippen molar-refractivity contribution in [2.75, 3.05) is 18.0 Å². The highest BCUT2D eigenvalue weighted by Crippen LogP contribution is 2.36. The van der Waals surface area contributed by atoms with Crippen molar-refractivity contribution in [2.24, 2.45) is 11.8 Å². The van der Waals surface area contributed by atoms with Gasteiger partial charge < -0.3 is 4.90 Å². The lowest BCUT2D eigenvalue weighted by Crippen LogP contribution is -2.40. The number of thiocarbonyl (C=S) groups is 1. The van der Waals surface area contributed by atoms with Gasteiger partial charge in [-0.05, 0) is 49.8 Å². The summed E-state index contributed by atoms with van der Waals surface area (Å²) in [7, 11) is 0. The Balaban J connectivity index is 1.86. The Labute approximate surface area is 192 Å². The highest BCUT2D eigenvalue weighted by atomic mass is 32.2. The van der Waals surface area contributed by atoms with Gasteiger partial charge in [-0.15, -0.1) is 0 Å². The summed E-state index contributed by atoms with van der Waals surface area (Å²) in [5.41, 5.74) is 0.896. The molecule has 0 spiro atoms. The van der Waals surface area contributed by atoms with E-state index in [1.54, 1.807) is 21.6 Å². The van der Waals surface area contributed by atoms with Gasteiger partial charge in [-0.3, -0.25) is 18.9 Å². The molecule has 0 radical (unpaired) electrons. The van der Waals surface area contributed by atoms with Crippen LogP contribution >= 0.6 is 24.0 Å². The highest BCUT2D eigenvalue weighted by molar-refractivity contribution is 8.26. The fraction of sp³-hybridized carbons (Fsp3) is 0.478. The third-order valence-corrected chi connectivity index (χ3v) is 7.38. The molecule has 6 nitrogen and oxygen atoms in total. The lowest BCUT2D eigenvalue weighted by molar-refractivity contribution is -0.123. The van der Waals surface area contributed by atoms with Crippen molar-refractivity contribution in [2.45, 2.75) is 46.6 Å². The summed E-state index contributed by atoms with van der Waals surface area (Å²) in [6.45, 7) is 10.2. The number of rotatable bonds is 4. The van der Waals surface area contributed by atoms with Crippen molar-refractivity contribution in [3.05, 3.63) is 45.2 Å². The van der Waals surface area contributed by atoms with Crippen molar-refractivity contribution in [1.29, 1.82) is 0 Å². The molecular formula is C23H28N4O2S2. The third kappa shape index (κ3) is 4.15. The molecule has 2 aliphatic heterocycles. The Hall–Kier alpha value is -2.19. The fourth-order valence-electron chi connectivity index (χ4n) is 4.47. The van der Waals surface area contributed by atoms with E-state index in [-0.39, 0.29) is 17.5 Å². The van der Waals surface area contributed by atoms with Gasteiger partial charge >= 0.3 is 0 Å². The molecule has 0 aliphatic carbocycles. The van der Waals surface area contributed by atoms with Gasteiger partial charge in [-0.25, -0.2) is 4.98 Å². The van der Waals surface area contributed by atoms with Gasteiger partial charge in [-0.1, -0.05) is 50.8 Å². The average Bonchev–Trinajstić information content (AvgIpc) is 3.01. The second-order valence-corrected chi connectivity index (χ2v) is 10.4. The van der Waals surface area contributed by atoms with E-state index >= 15 is 0 Å². The molecule has 4 heterocycles. The molecule has 0 unspecified atom stereocenters. The zero-order valence-electron chi connectivity index (χ0n) is 18.4. The molecule has 0 saturated carbocycles. The number of pyridine rings is 1. The molecule has 2 saturated heterocycles. The first-order chi connectivity index (χ1) is 14.8. The number of carbonyl (C=O) groups excluding carboxylic acids is 1. The van der Waals surface area contributed by atoms with E-state index < -0.39 is 0 Å². The van der Waals surface area contributed by atoms with Gasteiger partial charge in [0.2, 0.25) is 0 Å². The van der Waals surface area contributed by atoms with Crippen LogP contribution in [-0.2, 0) is 4.79 Å². The van der Waals surface area contributed by atoms with Crippen molar-refractivity contribution in [1.82, 2.24) is 14.3 Å². The smallest absolute Gasteiger partial charge is 0.267 e. The van der Waals surface area contributed by atoms with E-state index in [0.29, 0.717) is 38.1 Å². The molecule has 1 amide bonds. The molecule has 31 heavy (non-hydrogen) atoms. The van der Waals surface area contributed by atoms with Crippen LogP contribution in [-0.4, -0.2) is 43.6 Å². The summed E-state index contributed by atoms with van der Waals surface area (Å²) < 4.78 is 2.09. The first kappa shape index (κ1) is 22.0. The number of hydrogen-bond donors (Lipinski definition) is 0. The highest BCUT2D eigenvalue weighted by Gasteiger charge is 2.35. The third-order valence-electron chi connectivity index (χ3n) is 6.05. The van der Waals surface area contributed by atoms with E-state index in [2.05, 4.69) is 18.7 Å². The zero-order chi connectivity index (χ0) is 22.3. The topological polar surface area (TPSA) is 57.9 Å². The largest absolute Gasteiger partial charge is 0.355 e. The Morgan fingerprint density at radius 1 is 1.26 bits per heavy atom. The van der Waals surface area contributed by atoms with Crippen LogP contribution in [0.15, 0.2) is 34.1 Å². The van der Waals surface area contributed by atoms with Gasteiger partial charge in [0.25, 0.3) is 11.5 Å². The maximum absolute atomic E-state index is 13.5. The first-order valence-corrected chi connectivity index (χ1v) is 12.1. The second kappa shape index (κ2) is 8.74. The van der Waals surface area contributed by atoms with E-state index in [1.807, 2.05) is 32.0 Å². The molecule has 8 heteroatoms. The van der Waals surface area contributed by atoms with Gasteiger partial charge in [0.15, 0.2) is 0 Å². The summed E-state index contributed by atoms with van der Waals surface area (Å²) in [5, 5.41) is 0. The zero-order valence-corrected chi connectivity index (χ0v) is 20.0. The summed E-state index contributed by atoms with van der Waals surface area (Å²) in [5.74, 6) is 1.55. The van der Waals surface area contributed by atoms with Crippen LogP contribution < -0.4 is 10.5 Å². The van der Waals surface area contributed by atoms with Crippen LogP contribution in [0.1, 0.15) is 46.1 Å². The molecule has 0 aromatic carbocycles. The monoisotopic (exact) mass is 456 g/mol. The van der Waals surface area contributed by atoms with Crippen LogP contribution in [0.2, 0.25) is 0 Å². The number of carbonyl (C=O) groups is 1. The van der Waals surface area contributed by atoms with Crippen molar-refractivity contribution in [3.63, 3.8) is 0 Å². The summed E-state index contributed by atoms with van der Waals surface area (Å²) in [6, 6.07) is 5.56. The maximum Gasteiger partial charge on any atom is 0.267 e. The molecule has 0 N–H and O–H groups in total. The van der Waals surface area contributed by atoms with Gasteiger partial charge in [0.1, 0.15) is 15.8 Å². The first-order valence-electron chi connectivity index (χ1n) is 10.8. The van der Waals surface area contributed by atoms with E-state index in [0.717, 1.165) is 25.9 Å². The van der Waals surface area contributed by atoms with E-state index in [9.17, 15) is 9.59 Å². The number of fused-ring (bicyclic) bond motifs is 1. The molecule has 0 bridgehead atoms. The summed E-state index contributed by atoms with van der Waals surface area (Å²) in [6.07, 6.45) is 5.40. The van der Waals surface area contributed by atoms with Crippen LogP contribution in [0.4, 0.5) is 5.82 Å². The average molecular weight is 457 g/mol. The Bertz CT molecular complexity index is 1120. The van der Waals surface area contributed by atoms with Gasteiger partial charge in [0, 0.05) is 25.3 Å². The number of nitrogens with zero attached hydrogens (tertiary/aromatic N) is 4. The van der Waals surface area contributed by atoms with Gasteiger partial charge in [0.05, 0.1) is 10.5 Å². The number of thioether (sulfide) groups is 1. The second-order valence-electron chi connectivity index (χ2n) is 8.74. The minimum absolute atomic E-state index is 0.0255. The Morgan fingerprint density at radius 2 is 1.97 bits per heavy atom. The predicted molar refractivity (Wildman–Crippen MR) is 131 cm³/mol. The Kier molecular flexibility index (Phi) is 6.21.